The van der Waals surface area contributed by atoms with Crippen LogP contribution >= 0.6 is 11.3 Å². The van der Waals surface area contributed by atoms with Gasteiger partial charge in [0.05, 0.1) is 27.4 Å². The number of Topliss-reactive ketones (excluding diaryl/α,β-unsaturated/α-hetero) is 1. The summed E-state index contributed by atoms with van der Waals surface area (Å²) < 4.78 is 26.8. The normalized spacial score (nSPS) is 10.9. The van der Waals surface area contributed by atoms with Gasteiger partial charge in [0.15, 0.2) is 17.3 Å². The highest BCUT2D eigenvalue weighted by Gasteiger charge is 2.14. The van der Waals surface area contributed by atoms with Crippen molar-refractivity contribution in [3.63, 3.8) is 0 Å². The molecule has 2 amide bonds. The number of nitrogens with one attached hydrogen (secondary N) is 3. The average Bonchev–Trinajstić information content (AvgIpc) is 3.43. The maximum absolute atomic E-state index is 15.0. The van der Waals surface area contributed by atoms with Crippen LogP contribution in [0.2, 0.25) is 0 Å². The zero-order valence-electron chi connectivity index (χ0n) is 22.9. The molecule has 0 spiro atoms. The van der Waals surface area contributed by atoms with Crippen molar-refractivity contribution < 1.29 is 23.5 Å². The van der Waals surface area contributed by atoms with Crippen molar-refractivity contribution in [3.8, 4) is 22.1 Å². The number of nitrogens with zero attached hydrogens (tertiary/aromatic N) is 2. The van der Waals surface area contributed by atoms with Gasteiger partial charge in [-0.25, -0.2) is 9.18 Å². The minimum Gasteiger partial charge on any atom is -0.453 e. The van der Waals surface area contributed by atoms with Gasteiger partial charge in [-0.3, -0.25) is 14.8 Å². The molecule has 0 bridgehead atoms. The summed E-state index contributed by atoms with van der Waals surface area (Å²) in [5, 5.41) is 8.52. The van der Waals surface area contributed by atoms with E-state index >= 15 is 4.39 Å². The topological polar surface area (TPSA) is 114 Å². The Hall–Kier alpha value is -4.71. The summed E-state index contributed by atoms with van der Waals surface area (Å²) in [4.78, 5) is 33.9. The summed E-state index contributed by atoms with van der Waals surface area (Å²) in [5.74, 6) is -0.307. The lowest BCUT2D eigenvalue weighted by molar-refractivity contribution is 0.101. The number of amides is 2. The second kappa shape index (κ2) is 13.3. The molecule has 0 aliphatic rings. The Morgan fingerprint density at radius 1 is 0.952 bits per heavy atom. The minimum atomic E-state index is -0.649. The third kappa shape index (κ3) is 7.13. The van der Waals surface area contributed by atoms with Gasteiger partial charge in [-0.1, -0.05) is 18.2 Å². The molecule has 0 aliphatic heterocycles. The molecule has 0 fully saturated rings. The van der Waals surface area contributed by atoms with E-state index in [0.717, 1.165) is 27.4 Å². The van der Waals surface area contributed by atoms with E-state index in [1.54, 1.807) is 43.6 Å². The molecule has 3 heterocycles. The summed E-state index contributed by atoms with van der Waals surface area (Å²) >= 11 is 1.46. The molecule has 3 N–H and O–H groups in total. The van der Waals surface area contributed by atoms with Crippen LogP contribution in [-0.4, -0.2) is 42.0 Å². The molecular formula is C31H28FN5O4S. The Morgan fingerprint density at radius 3 is 2.52 bits per heavy atom. The van der Waals surface area contributed by atoms with E-state index in [4.69, 9.17) is 9.47 Å². The summed E-state index contributed by atoms with van der Waals surface area (Å²) in [6.07, 6.45) is 3.44. The van der Waals surface area contributed by atoms with E-state index in [-0.39, 0.29) is 17.2 Å². The van der Waals surface area contributed by atoms with Crippen molar-refractivity contribution in [1.82, 2.24) is 15.3 Å². The molecule has 0 radical (unpaired) electrons. The molecule has 9 nitrogen and oxygen atoms in total. The number of ether oxygens (including phenoxy) is 2. The molecule has 0 saturated carbocycles. The van der Waals surface area contributed by atoms with Crippen molar-refractivity contribution in [1.29, 1.82) is 0 Å². The number of hydrogen-bond acceptors (Lipinski definition) is 8. The summed E-state index contributed by atoms with van der Waals surface area (Å²) in [7, 11) is 1.67. The highest BCUT2D eigenvalue weighted by molar-refractivity contribution is 7.22. The molecular weight excluding hydrogens is 557 g/mol. The monoisotopic (exact) mass is 585 g/mol. The Labute approximate surface area is 245 Å². The lowest BCUT2D eigenvalue weighted by atomic mass is 10.1. The number of pyridine rings is 2. The number of thiophene rings is 1. The van der Waals surface area contributed by atoms with Gasteiger partial charge in [-0.05, 0) is 48.9 Å². The number of carbonyl (C=O) groups excluding carboxylic acids is 2. The molecule has 5 aromatic rings. The predicted octanol–water partition coefficient (Wildman–Crippen LogP) is 6.87. The number of carbonyl (C=O) groups is 2. The Balaban J connectivity index is 1.26. The van der Waals surface area contributed by atoms with Gasteiger partial charge in [0.25, 0.3) is 0 Å². The van der Waals surface area contributed by atoms with Crippen LogP contribution in [0.15, 0.2) is 79.1 Å². The van der Waals surface area contributed by atoms with E-state index in [2.05, 4.69) is 25.9 Å². The lowest BCUT2D eigenvalue weighted by Crippen LogP contribution is -2.19. The standard InChI is InChI=1S/C31H28FN5O4S/c1-19(38)21-4-3-5-22(14-21)36-31(39)37-23-7-9-27(24(32)15-23)41-28-10-11-34-26-16-29(42-30(26)28)25-8-6-20(18-35-25)17-33-12-13-40-2/h3-11,14-16,18,33H,12-13,17H2,1-2H3,(H2,36,37,39). The molecule has 0 unspecified atom stereocenters. The fourth-order valence-electron chi connectivity index (χ4n) is 4.09. The van der Waals surface area contributed by atoms with Crippen molar-refractivity contribution >= 4 is 44.7 Å². The quantitative estimate of drug-likeness (QED) is 0.114. The van der Waals surface area contributed by atoms with Crippen LogP contribution in [-0.2, 0) is 11.3 Å². The molecule has 3 aromatic heterocycles. The van der Waals surface area contributed by atoms with Crippen LogP contribution in [0.5, 0.6) is 11.5 Å². The van der Waals surface area contributed by atoms with Crippen LogP contribution < -0.4 is 20.7 Å². The number of methoxy groups -OCH3 is 1. The van der Waals surface area contributed by atoms with Gasteiger partial charge in [-0.2, -0.15) is 0 Å². The number of ketones is 1. The summed E-state index contributed by atoms with van der Waals surface area (Å²) in [6.45, 7) is 3.55. The molecule has 5 rings (SSSR count). The molecule has 42 heavy (non-hydrogen) atoms. The number of halogens is 1. The Kier molecular flexibility index (Phi) is 9.12. The summed E-state index contributed by atoms with van der Waals surface area (Å²) in [6, 6.07) is 17.7. The fourth-order valence-corrected chi connectivity index (χ4v) is 5.13. The third-order valence-electron chi connectivity index (χ3n) is 6.20. The van der Waals surface area contributed by atoms with Gasteiger partial charge in [0, 0.05) is 61.7 Å². The first kappa shape index (κ1) is 28.8. The van der Waals surface area contributed by atoms with Gasteiger partial charge in [0.1, 0.15) is 5.75 Å². The van der Waals surface area contributed by atoms with Crippen LogP contribution in [0.25, 0.3) is 20.8 Å². The zero-order chi connectivity index (χ0) is 29.5. The van der Waals surface area contributed by atoms with Crippen molar-refractivity contribution in [3.05, 3.63) is 96.1 Å². The number of fused-ring (bicyclic) bond motifs is 1. The number of benzene rings is 2. The number of aromatic nitrogens is 2. The SMILES string of the molecule is COCCNCc1ccc(-c2cc3nccc(Oc4ccc(NC(=O)Nc5cccc(C(C)=O)c5)cc4F)c3s2)nc1. The van der Waals surface area contributed by atoms with E-state index < -0.39 is 11.8 Å². The maximum Gasteiger partial charge on any atom is 0.323 e. The lowest BCUT2D eigenvalue weighted by Gasteiger charge is -2.11. The van der Waals surface area contributed by atoms with Crippen molar-refractivity contribution in [2.45, 2.75) is 13.5 Å². The molecule has 11 heteroatoms. The van der Waals surface area contributed by atoms with Gasteiger partial charge < -0.3 is 25.4 Å². The van der Waals surface area contributed by atoms with E-state index in [1.807, 2.05) is 24.4 Å². The minimum absolute atomic E-state index is 0.000943. The van der Waals surface area contributed by atoms with Gasteiger partial charge in [-0.15, -0.1) is 11.3 Å². The fraction of sp³-hybridized carbons (Fsp3) is 0.161. The molecule has 0 aliphatic carbocycles. The second-order valence-electron chi connectivity index (χ2n) is 9.32. The van der Waals surface area contributed by atoms with E-state index in [1.165, 1.54) is 36.5 Å². The van der Waals surface area contributed by atoms with Crippen molar-refractivity contribution in [2.75, 3.05) is 30.9 Å². The number of urea groups is 1. The first-order valence-corrected chi connectivity index (χ1v) is 13.9. The Bertz CT molecular complexity index is 1720. The molecule has 2 aromatic carbocycles. The summed E-state index contributed by atoms with van der Waals surface area (Å²) in [5.41, 5.74) is 3.73. The van der Waals surface area contributed by atoms with E-state index in [0.29, 0.717) is 35.7 Å². The second-order valence-corrected chi connectivity index (χ2v) is 10.4. The smallest absolute Gasteiger partial charge is 0.323 e. The van der Waals surface area contributed by atoms with Crippen LogP contribution in [0.3, 0.4) is 0 Å². The van der Waals surface area contributed by atoms with Gasteiger partial charge >= 0.3 is 6.03 Å². The molecule has 0 saturated heterocycles. The Morgan fingerprint density at radius 2 is 1.79 bits per heavy atom. The van der Waals surface area contributed by atoms with Gasteiger partial charge in [0.2, 0.25) is 0 Å². The van der Waals surface area contributed by atoms with Crippen LogP contribution in [0.1, 0.15) is 22.8 Å². The van der Waals surface area contributed by atoms with E-state index in [9.17, 15) is 9.59 Å². The largest absolute Gasteiger partial charge is 0.453 e. The molecule has 0 atom stereocenters. The number of anilines is 2. The highest BCUT2D eigenvalue weighted by atomic mass is 32.1. The number of hydrogen-bond donors (Lipinski definition) is 3. The third-order valence-corrected chi connectivity index (χ3v) is 7.36. The first-order valence-electron chi connectivity index (χ1n) is 13.1. The highest BCUT2D eigenvalue weighted by Crippen LogP contribution is 2.39. The van der Waals surface area contributed by atoms with Crippen LogP contribution in [0.4, 0.5) is 20.6 Å². The van der Waals surface area contributed by atoms with Crippen LogP contribution in [0, 0.1) is 5.82 Å². The van der Waals surface area contributed by atoms with Crippen molar-refractivity contribution in [2.24, 2.45) is 0 Å². The first-order chi connectivity index (χ1) is 20.4. The predicted molar refractivity (Wildman–Crippen MR) is 162 cm³/mol. The maximum atomic E-state index is 15.0. The number of rotatable bonds is 11. The molecule has 214 valence electrons. The zero-order valence-corrected chi connectivity index (χ0v) is 23.8. The average molecular weight is 586 g/mol.